The quantitative estimate of drug-likeness (QED) is 0.734. The van der Waals surface area contributed by atoms with Gasteiger partial charge in [0, 0.05) is 16.6 Å². The van der Waals surface area contributed by atoms with Crippen LogP contribution in [0.2, 0.25) is 5.02 Å². The number of nitrogens with two attached hydrogens (primary N) is 1. The van der Waals surface area contributed by atoms with Crippen LogP contribution in [-0.4, -0.2) is 0 Å². The van der Waals surface area contributed by atoms with Crippen LogP contribution in [-0.2, 0) is 0 Å². The van der Waals surface area contributed by atoms with Crippen molar-refractivity contribution >= 4 is 11.6 Å². The normalized spacial score (nSPS) is 12.8. The van der Waals surface area contributed by atoms with E-state index in [4.69, 9.17) is 17.3 Å². The third-order valence-electron chi connectivity index (χ3n) is 2.73. The fourth-order valence-electron chi connectivity index (χ4n) is 1.75. The molecule has 0 amide bonds. The van der Waals surface area contributed by atoms with Gasteiger partial charge in [0.2, 0.25) is 0 Å². The van der Waals surface area contributed by atoms with Gasteiger partial charge in [-0.25, -0.2) is 4.39 Å². The third-order valence-corrected chi connectivity index (χ3v) is 2.97. The zero-order valence-electron chi connectivity index (χ0n) is 9.68. The van der Waals surface area contributed by atoms with Gasteiger partial charge in [0.1, 0.15) is 5.82 Å². The number of hydrogen-bond acceptors (Lipinski definition) is 1. The Morgan fingerprint density at radius 3 is 2.69 bits per heavy atom. The molecule has 2 N–H and O–H groups in total. The summed E-state index contributed by atoms with van der Waals surface area (Å²) in [6.07, 6.45) is 5.47. The van der Waals surface area contributed by atoms with Gasteiger partial charge in [0.05, 0.1) is 0 Å². The zero-order valence-corrected chi connectivity index (χ0v) is 10.4. The van der Waals surface area contributed by atoms with Crippen LogP contribution in [0.3, 0.4) is 0 Å². The monoisotopic (exact) mass is 243 g/mol. The molecule has 1 rings (SSSR count). The maximum absolute atomic E-state index is 13.5. The van der Waals surface area contributed by atoms with Crippen LogP contribution in [0, 0.1) is 5.82 Å². The van der Waals surface area contributed by atoms with Crippen molar-refractivity contribution in [2.45, 2.75) is 45.1 Å². The van der Waals surface area contributed by atoms with Crippen molar-refractivity contribution in [3.63, 3.8) is 0 Å². The molecule has 0 aliphatic heterocycles. The molecule has 90 valence electrons. The van der Waals surface area contributed by atoms with Gasteiger partial charge in [-0.15, -0.1) is 0 Å². The van der Waals surface area contributed by atoms with Gasteiger partial charge in [0.25, 0.3) is 0 Å². The highest BCUT2D eigenvalue weighted by molar-refractivity contribution is 6.30. The molecule has 0 fully saturated rings. The molecule has 3 heteroatoms. The average Bonchev–Trinajstić information content (AvgIpc) is 2.24. The van der Waals surface area contributed by atoms with E-state index in [0.717, 1.165) is 12.8 Å². The SMILES string of the molecule is CCCCCCC(N)c1ccc(Cl)cc1F. The van der Waals surface area contributed by atoms with E-state index in [0.29, 0.717) is 10.6 Å². The summed E-state index contributed by atoms with van der Waals surface area (Å²) in [5.41, 5.74) is 6.52. The molecule has 1 nitrogen and oxygen atoms in total. The lowest BCUT2D eigenvalue weighted by molar-refractivity contribution is 0.532. The lowest BCUT2D eigenvalue weighted by atomic mass is 10.0. The van der Waals surface area contributed by atoms with Crippen molar-refractivity contribution in [1.29, 1.82) is 0 Å². The predicted octanol–water partition coefficient (Wildman–Crippen LogP) is 4.45. The number of hydrogen-bond donors (Lipinski definition) is 1. The first-order valence-corrected chi connectivity index (χ1v) is 6.23. The van der Waals surface area contributed by atoms with Gasteiger partial charge < -0.3 is 5.73 Å². The first kappa shape index (κ1) is 13.5. The lowest BCUT2D eigenvalue weighted by Crippen LogP contribution is -2.12. The largest absolute Gasteiger partial charge is 0.324 e. The van der Waals surface area contributed by atoms with Crippen LogP contribution in [0.15, 0.2) is 18.2 Å². The van der Waals surface area contributed by atoms with Gasteiger partial charge >= 0.3 is 0 Å². The highest BCUT2D eigenvalue weighted by Gasteiger charge is 2.11. The van der Waals surface area contributed by atoms with E-state index in [9.17, 15) is 4.39 Å². The Balaban J connectivity index is 2.49. The second-order valence-electron chi connectivity index (χ2n) is 4.12. The van der Waals surface area contributed by atoms with Crippen LogP contribution in [0.1, 0.15) is 50.6 Å². The molecule has 0 saturated carbocycles. The fraction of sp³-hybridized carbons (Fsp3) is 0.538. The molecule has 1 aromatic rings. The van der Waals surface area contributed by atoms with Crippen molar-refractivity contribution in [2.24, 2.45) is 5.73 Å². The third kappa shape index (κ3) is 4.11. The molecule has 0 radical (unpaired) electrons. The van der Waals surface area contributed by atoms with E-state index in [1.54, 1.807) is 12.1 Å². The second kappa shape index (κ2) is 6.87. The van der Waals surface area contributed by atoms with Crippen molar-refractivity contribution < 1.29 is 4.39 Å². The van der Waals surface area contributed by atoms with E-state index in [1.165, 1.54) is 25.3 Å². The molecule has 0 bridgehead atoms. The minimum absolute atomic E-state index is 0.214. The summed E-state index contributed by atoms with van der Waals surface area (Å²) < 4.78 is 13.5. The van der Waals surface area contributed by atoms with E-state index in [2.05, 4.69) is 6.92 Å². The Labute approximate surface area is 102 Å². The summed E-state index contributed by atoms with van der Waals surface area (Å²) in [6, 6.07) is 4.48. The molecular weight excluding hydrogens is 225 g/mol. The van der Waals surface area contributed by atoms with E-state index in [1.807, 2.05) is 0 Å². The standard InChI is InChI=1S/C13H19ClFN/c1-2-3-4-5-6-13(16)11-8-7-10(14)9-12(11)15/h7-9,13H,2-6,16H2,1H3. The average molecular weight is 244 g/mol. The molecule has 0 aliphatic rings. The predicted molar refractivity (Wildman–Crippen MR) is 67.1 cm³/mol. The maximum atomic E-state index is 13.5. The van der Waals surface area contributed by atoms with Crippen molar-refractivity contribution in [2.75, 3.05) is 0 Å². The van der Waals surface area contributed by atoms with Crippen LogP contribution >= 0.6 is 11.6 Å². The molecule has 16 heavy (non-hydrogen) atoms. The molecule has 0 aliphatic carbocycles. The Morgan fingerprint density at radius 1 is 1.31 bits per heavy atom. The van der Waals surface area contributed by atoms with Crippen LogP contribution in [0.4, 0.5) is 4.39 Å². The number of rotatable bonds is 6. The fourth-order valence-corrected chi connectivity index (χ4v) is 1.91. The lowest BCUT2D eigenvalue weighted by Gasteiger charge is -2.12. The summed E-state index contributed by atoms with van der Waals surface area (Å²) in [4.78, 5) is 0. The smallest absolute Gasteiger partial charge is 0.129 e. The Kier molecular flexibility index (Phi) is 5.78. The van der Waals surface area contributed by atoms with Crippen molar-refractivity contribution in [3.05, 3.63) is 34.6 Å². The summed E-state index contributed by atoms with van der Waals surface area (Å²) in [5, 5.41) is 0.416. The molecule has 0 saturated heterocycles. The molecule has 1 aromatic carbocycles. The van der Waals surface area contributed by atoms with E-state index in [-0.39, 0.29) is 11.9 Å². The van der Waals surface area contributed by atoms with Crippen molar-refractivity contribution in [1.82, 2.24) is 0 Å². The topological polar surface area (TPSA) is 26.0 Å². The van der Waals surface area contributed by atoms with Crippen molar-refractivity contribution in [3.8, 4) is 0 Å². The Bertz CT molecular complexity index is 328. The molecule has 1 atom stereocenters. The van der Waals surface area contributed by atoms with E-state index >= 15 is 0 Å². The van der Waals surface area contributed by atoms with Gasteiger partial charge in [-0.05, 0) is 18.6 Å². The molecule has 0 aromatic heterocycles. The Hall–Kier alpha value is -0.600. The summed E-state index contributed by atoms with van der Waals surface area (Å²) in [6.45, 7) is 2.17. The second-order valence-corrected chi connectivity index (χ2v) is 4.56. The van der Waals surface area contributed by atoms with Gasteiger partial charge in [-0.1, -0.05) is 50.3 Å². The minimum atomic E-state index is -0.296. The van der Waals surface area contributed by atoms with Crippen LogP contribution in [0.25, 0.3) is 0 Å². The molecular formula is C13H19ClFN. The van der Waals surface area contributed by atoms with E-state index < -0.39 is 0 Å². The maximum Gasteiger partial charge on any atom is 0.129 e. The zero-order chi connectivity index (χ0) is 12.0. The number of halogens is 2. The number of benzene rings is 1. The highest BCUT2D eigenvalue weighted by atomic mass is 35.5. The van der Waals surface area contributed by atoms with Crippen LogP contribution < -0.4 is 5.73 Å². The summed E-state index contributed by atoms with van der Waals surface area (Å²) in [5.74, 6) is -0.296. The summed E-state index contributed by atoms with van der Waals surface area (Å²) in [7, 11) is 0. The minimum Gasteiger partial charge on any atom is -0.324 e. The van der Waals surface area contributed by atoms with Gasteiger partial charge in [-0.3, -0.25) is 0 Å². The Morgan fingerprint density at radius 2 is 2.06 bits per heavy atom. The first-order valence-electron chi connectivity index (χ1n) is 5.85. The number of unbranched alkanes of at least 4 members (excludes halogenated alkanes) is 3. The highest BCUT2D eigenvalue weighted by Crippen LogP contribution is 2.23. The molecule has 1 unspecified atom stereocenters. The van der Waals surface area contributed by atoms with Crippen LogP contribution in [0.5, 0.6) is 0 Å². The summed E-state index contributed by atoms with van der Waals surface area (Å²) >= 11 is 5.69. The van der Waals surface area contributed by atoms with Gasteiger partial charge in [0.15, 0.2) is 0 Å². The molecule has 0 heterocycles. The van der Waals surface area contributed by atoms with Gasteiger partial charge in [-0.2, -0.15) is 0 Å². The molecule has 0 spiro atoms. The first-order chi connectivity index (χ1) is 7.65.